The summed E-state index contributed by atoms with van der Waals surface area (Å²) in [5, 5.41) is 0.819. The molecule has 1 atom stereocenters. The number of likely N-dealkylation sites (N-methyl/N-ethyl adjacent to an activating group) is 1. The summed E-state index contributed by atoms with van der Waals surface area (Å²) in [5.41, 5.74) is -3.00. The van der Waals surface area contributed by atoms with E-state index in [0.717, 1.165) is 0 Å². The smallest absolute Gasteiger partial charge is 0.314 e. The Morgan fingerprint density at radius 2 is 1.43 bits per heavy atom. The number of hydrogen-bond acceptors (Lipinski definition) is 2. The van der Waals surface area contributed by atoms with E-state index in [0.29, 0.717) is 37.7 Å². The van der Waals surface area contributed by atoms with E-state index in [1.807, 2.05) is 0 Å². The number of anilines is 1. The molecule has 0 saturated carbocycles. The van der Waals surface area contributed by atoms with E-state index in [2.05, 4.69) is 0 Å². The van der Waals surface area contributed by atoms with Crippen molar-refractivity contribution >= 4 is 46.6 Å². The highest BCUT2D eigenvalue weighted by Gasteiger charge is 2.38. The molecule has 186 valence electrons. The molecule has 0 radical (unpaired) electrons. The summed E-state index contributed by atoms with van der Waals surface area (Å²) in [7, 11) is 1.39. The molecule has 35 heavy (non-hydrogen) atoms. The Kier molecular flexibility index (Phi) is 8.03. The van der Waals surface area contributed by atoms with E-state index in [1.165, 1.54) is 36.7 Å². The molecule has 1 unspecified atom stereocenters. The highest BCUT2D eigenvalue weighted by molar-refractivity contribution is 7.99. The van der Waals surface area contributed by atoms with E-state index in [1.54, 1.807) is 36.4 Å². The first-order chi connectivity index (χ1) is 16.2. The third kappa shape index (κ3) is 6.45. The second-order valence-corrected chi connectivity index (χ2v) is 9.53. The van der Waals surface area contributed by atoms with Crippen LogP contribution in [0.4, 0.5) is 32.0 Å². The fourth-order valence-electron chi connectivity index (χ4n) is 3.27. The summed E-state index contributed by atoms with van der Waals surface area (Å²) < 4.78 is 79.6. The van der Waals surface area contributed by atoms with Gasteiger partial charge in [-0.1, -0.05) is 47.1 Å². The number of carbonyl (C=O) groups is 1. The van der Waals surface area contributed by atoms with Crippen LogP contribution in [0.15, 0.2) is 70.5 Å². The van der Waals surface area contributed by atoms with E-state index in [-0.39, 0.29) is 6.07 Å². The van der Waals surface area contributed by atoms with Crippen LogP contribution in [-0.2, 0) is 17.1 Å². The molecule has 0 spiro atoms. The number of benzene rings is 3. The number of rotatable bonds is 5. The van der Waals surface area contributed by atoms with Gasteiger partial charge in [-0.3, -0.25) is 4.79 Å². The molecule has 2 nitrogen and oxygen atoms in total. The summed E-state index contributed by atoms with van der Waals surface area (Å²) in [4.78, 5) is 15.6. The van der Waals surface area contributed by atoms with Crippen LogP contribution in [0.5, 0.6) is 0 Å². The average Bonchev–Trinajstić information content (AvgIpc) is 2.78. The van der Waals surface area contributed by atoms with E-state index in [9.17, 15) is 31.1 Å². The standard InChI is InChI=1S/C24H17Cl2F6NOS/c1-13(14-9-15(23(27,28)29)11-16(10-14)24(30,31)32)22(34)33(2)19-8-7-17(25)12-21(19)35-20-6-4-3-5-18(20)26/h3-13H,1-2H3. The molecule has 0 aliphatic heterocycles. The van der Waals surface area contributed by atoms with Crippen molar-refractivity contribution in [1.82, 2.24) is 0 Å². The van der Waals surface area contributed by atoms with Crippen molar-refractivity contribution in [3.63, 3.8) is 0 Å². The van der Waals surface area contributed by atoms with Crippen molar-refractivity contribution in [2.24, 2.45) is 0 Å². The lowest BCUT2D eigenvalue weighted by Gasteiger charge is -2.25. The Balaban J connectivity index is 1.99. The van der Waals surface area contributed by atoms with Gasteiger partial charge in [0.1, 0.15) is 0 Å². The third-order valence-corrected chi connectivity index (χ3v) is 6.95. The number of carbonyl (C=O) groups excluding carboxylic acids is 1. The molecule has 11 heteroatoms. The van der Waals surface area contributed by atoms with Crippen molar-refractivity contribution in [2.45, 2.75) is 35.0 Å². The SMILES string of the molecule is CC(C(=O)N(C)c1ccc(Cl)cc1Sc1ccccc1Cl)c1cc(C(F)(F)F)cc(C(F)(F)F)c1. The minimum Gasteiger partial charge on any atom is -0.314 e. The topological polar surface area (TPSA) is 20.3 Å². The van der Waals surface area contributed by atoms with Gasteiger partial charge in [-0.15, -0.1) is 0 Å². The van der Waals surface area contributed by atoms with Crippen LogP contribution in [0.25, 0.3) is 0 Å². The Morgan fingerprint density at radius 1 is 0.857 bits per heavy atom. The average molecular weight is 552 g/mol. The monoisotopic (exact) mass is 551 g/mol. The molecule has 3 aromatic carbocycles. The first kappa shape index (κ1) is 27.2. The first-order valence-electron chi connectivity index (χ1n) is 9.97. The van der Waals surface area contributed by atoms with Gasteiger partial charge in [-0.25, -0.2) is 0 Å². The van der Waals surface area contributed by atoms with Crippen LogP contribution in [0, 0.1) is 0 Å². The normalized spacial score (nSPS) is 13.0. The van der Waals surface area contributed by atoms with Crippen molar-refractivity contribution in [2.75, 3.05) is 11.9 Å². The molecule has 3 rings (SSSR count). The molecule has 0 fully saturated rings. The summed E-state index contributed by atoms with van der Waals surface area (Å²) >= 11 is 13.6. The van der Waals surface area contributed by atoms with Gasteiger partial charge >= 0.3 is 12.4 Å². The van der Waals surface area contributed by atoms with Gasteiger partial charge in [0.25, 0.3) is 0 Å². The zero-order valence-electron chi connectivity index (χ0n) is 18.1. The van der Waals surface area contributed by atoms with Crippen molar-refractivity contribution in [3.8, 4) is 0 Å². The second-order valence-electron chi connectivity index (χ2n) is 7.60. The van der Waals surface area contributed by atoms with Crippen LogP contribution in [0.1, 0.15) is 29.5 Å². The van der Waals surface area contributed by atoms with Gasteiger partial charge in [-0.05, 0) is 61.0 Å². The van der Waals surface area contributed by atoms with E-state index >= 15 is 0 Å². The molecule has 0 aromatic heterocycles. The Labute approximate surface area is 211 Å². The Hall–Kier alpha value is -2.36. The van der Waals surface area contributed by atoms with E-state index < -0.39 is 40.9 Å². The Bertz CT molecular complexity index is 1210. The van der Waals surface area contributed by atoms with Gasteiger partial charge in [0, 0.05) is 21.9 Å². The number of amides is 1. The minimum absolute atomic E-state index is 0.0297. The van der Waals surface area contributed by atoms with Gasteiger partial charge in [-0.2, -0.15) is 26.3 Å². The molecule has 0 bridgehead atoms. The predicted octanol–water partition coefficient (Wildman–Crippen LogP) is 8.95. The zero-order valence-corrected chi connectivity index (χ0v) is 20.5. The lowest BCUT2D eigenvalue weighted by molar-refractivity contribution is -0.143. The van der Waals surface area contributed by atoms with Crippen molar-refractivity contribution in [3.05, 3.63) is 87.4 Å². The lowest BCUT2D eigenvalue weighted by Crippen LogP contribution is -2.31. The second kappa shape index (κ2) is 10.3. The highest BCUT2D eigenvalue weighted by Crippen LogP contribution is 2.41. The van der Waals surface area contributed by atoms with Crippen LogP contribution in [0.3, 0.4) is 0 Å². The highest BCUT2D eigenvalue weighted by atomic mass is 35.5. The van der Waals surface area contributed by atoms with Gasteiger partial charge in [0.15, 0.2) is 0 Å². The largest absolute Gasteiger partial charge is 0.416 e. The first-order valence-corrected chi connectivity index (χ1v) is 11.5. The molecule has 0 N–H and O–H groups in total. The van der Waals surface area contributed by atoms with Crippen LogP contribution in [0.2, 0.25) is 10.0 Å². The third-order valence-electron chi connectivity index (χ3n) is 5.15. The molecule has 0 aliphatic rings. The maximum atomic E-state index is 13.3. The molecular weight excluding hydrogens is 535 g/mol. The summed E-state index contributed by atoms with van der Waals surface area (Å²) in [6, 6.07) is 12.7. The summed E-state index contributed by atoms with van der Waals surface area (Å²) in [5.74, 6) is -2.02. The van der Waals surface area contributed by atoms with Crippen molar-refractivity contribution < 1.29 is 31.1 Å². The van der Waals surface area contributed by atoms with Gasteiger partial charge in [0.2, 0.25) is 5.91 Å². The predicted molar refractivity (Wildman–Crippen MR) is 125 cm³/mol. The molecule has 1 amide bonds. The molecule has 0 saturated heterocycles. The summed E-state index contributed by atoms with van der Waals surface area (Å²) in [6.45, 7) is 1.26. The van der Waals surface area contributed by atoms with Crippen molar-refractivity contribution in [1.29, 1.82) is 0 Å². The zero-order chi connectivity index (χ0) is 26.1. The van der Waals surface area contributed by atoms with Gasteiger partial charge in [0.05, 0.1) is 27.8 Å². The van der Waals surface area contributed by atoms with Crippen LogP contribution < -0.4 is 4.90 Å². The minimum atomic E-state index is -5.01. The summed E-state index contributed by atoms with van der Waals surface area (Å²) in [6.07, 6.45) is -10.0. The number of nitrogens with zero attached hydrogens (tertiary/aromatic N) is 1. The molecular formula is C24H17Cl2F6NOS. The lowest BCUT2D eigenvalue weighted by atomic mass is 9.94. The maximum absolute atomic E-state index is 13.3. The number of hydrogen-bond donors (Lipinski definition) is 0. The van der Waals surface area contributed by atoms with Gasteiger partial charge < -0.3 is 4.90 Å². The quantitative estimate of drug-likeness (QED) is 0.295. The van der Waals surface area contributed by atoms with E-state index in [4.69, 9.17) is 23.2 Å². The fourth-order valence-corrected chi connectivity index (χ4v) is 4.81. The maximum Gasteiger partial charge on any atom is 0.416 e. The number of alkyl halides is 6. The van der Waals surface area contributed by atoms with Crippen LogP contribution >= 0.6 is 35.0 Å². The number of halogens is 8. The fraction of sp³-hybridized carbons (Fsp3) is 0.208. The molecule has 0 heterocycles. The molecule has 3 aromatic rings. The van der Waals surface area contributed by atoms with Crippen LogP contribution in [-0.4, -0.2) is 13.0 Å². The molecule has 0 aliphatic carbocycles. The Morgan fingerprint density at radius 3 is 1.97 bits per heavy atom.